The van der Waals surface area contributed by atoms with E-state index in [0.29, 0.717) is 33.5 Å². The molecule has 4 saturated carbocycles. The van der Waals surface area contributed by atoms with Gasteiger partial charge in [-0.05, 0) is 86.4 Å². The van der Waals surface area contributed by atoms with Crippen molar-refractivity contribution in [1.29, 1.82) is 0 Å². The predicted octanol–water partition coefficient (Wildman–Crippen LogP) is 4.91. The molecule has 4 aliphatic rings. The summed E-state index contributed by atoms with van der Waals surface area (Å²) in [6, 6.07) is 0. The molecule has 31 heavy (non-hydrogen) atoms. The number of carbonyl (C=O) groups excluding carboxylic acids is 2. The summed E-state index contributed by atoms with van der Waals surface area (Å²) in [6.45, 7) is 9.79. The summed E-state index contributed by atoms with van der Waals surface area (Å²) in [7, 11) is 0. The zero-order valence-corrected chi connectivity index (χ0v) is 21.8. The summed E-state index contributed by atoms with van der Waals surface area (Å²) in [5.41, 5.74) is 0.0921. The van der Waals surface area contributed by atoms with E-state index in [1.807, 2.05) is 6.92 Å². The van der Waals surface area contributed by atoms with Crippen molar-refractivity contribution in [2.45, 2.75) is 102 Å². The number of halogens is 1. The molecule has 0 aromatic rings. The first-order valence-electron chi connectivity index (χ1n) is 12.1. The van der Waals surface area contributed by atoms with Gasteiger partial charge >= 0.3 is 11.9 Å². The fraction of sp³-hybridized carbons (Fsp3) is 0.920. The molecule has 0 bridgehead atoms. The van der Waals surface area contributed by atoms with Crippen LogP contribution in [-0.4, -0.2) is 39.3 Å². The highest BCUT2D eigenvalue weighted by molar-refractivity contribution is 14.1. The van der Waals surface area contributed by atoms with E-state index < -0.39 is 0 Å². The van der Waals surface area contributed by atoms with E-state index in [1.165, 1.54) is 20.3 Å². The SMILES string of the molecule is CC(=O)OC(C)[C@H]1CC[C@H]2[C@@H]3CC[C@H]4C[C@@H](OC(C)=O)C[C@H](I)[C@]4(C)[C@H]3[C@H](O)C[C@]12C. The number of rotatable bonds is 3. The minimum Gasteiger partial charge on any atom is -0.463 e. The van der Waals surface area contributed by atoms with Crippen molar-refractivity contribution in [3.8, 4) is 0 Å². The van der Waals surface area contributed by atoms with Crippen LogP contribution in [0.15, 0.2) is 0 Å². The zero-order chi connectivity index (χ0) is 22.7. The topological polar surface area (TPSA) is 72.8 Å². The second-order valence-electron chi connectivity index (χ2n) is 11.4. The Morgan fingerprint density at radius 3 is 2.42 bits per heavy atom. The van der Waals surface area contributed by atoms with E-state index >= 15 is 0 Å². The molecule has 4 fully saturated rings. The largest absolute Gasteiger partial charge is 0.463 e. The molecule has 0 radical (unpaired) electrons. The Morgan fingerprint density at radius 1 is 1.06 bits per heavy atom. The lowest BCUT2D eigenvalue weighted by atomic mass is 9.43. The number of carbonyl (C=O) groups is 2. The highest BCUT2D eigenvalue weighted by Crippen LogP contribution is 2.68. The Balaban J connectivity index is 1.59. The van der Waals surface area contributed by atoms with E-state index in [2.05, 4.69) is 36.4 Å². The van der Waals surface area contributed by atoms with Crippen molar-refractivity contribution in [3.63, 3.8) is 0 Å². The number of hydrogen-bond acceptors (Lipinski definition) is 5. The van der Waals surface area contributed by atoms with E-state index in [9.17, 15) is 14.7 Å². The lowest BCUT2D eigenvalue weighted by Crippen LogP contribution is -2.62. The Morgan fingerprint density at radius 2 is 1.77 bits per heavy atom. The first-order chi connectivity index (χ1) is 14.5. The van der Waals surface area contributed by atoms with E-state index in [4.69, 9.17) is 9.47 Å². The average Bonchev–Trinajstić information content (AvgIpc) is 2.98. The van der Waals surface area contributed by atoms with Crippen LogP contribution in [0.4, 0.5) is 0 Å². The second-order valence-corrected chi connectivity index (χ2v) is 12.9. The summed E-state index contributed by atoms with van der Waals surface area (Å²) in [4.78, 5) is 23.1. The molecule has 5 nitrogen and oxygen atoms in total. The summed E-state index contributed by atoms with van der Waals surface area (Å²) in [6.07, 6.45) is 6.75. The first kappa shape index (κ1) is 23.8. The Bertz CT molecular complexity index is 727. The van der Waals surface area contributed by atoms with Gasteiger partial charge in [0.05, 0.1) is 6.10 Å². The van der Waals surface area contributed by atoms with Gasteiger partial charge in [0.25, 0.3) is 0 Å². The van der Waals surface area contributed by atoms with Crippen LogP contribution in [0.2, 0.25) is 0 Å². The van der Waals surface area contributed by atoms with Crippen molar-refractivity contribution in [3.05, 3.63) is 0 Å². The minimum absolute atomic E-state index is 0.0143. The van der Waals surface area contributed by atoms with Gasteiger partial charge in [-0.2, -0.15) is 0 Å². The minimum atomic E-state index is -0.327. The van der Waals surface area contributed by atoms with Gasteiger partial charge in [0, 0.05) is 23.7 Å². The summed E-state index contributed by atoms with van der Waals surface area (Å²) in [5.74, 6) is 1.82. The fourth-order valence-electron chi connectivity index (χ4n) is 8.83. The van der Waals surface area contributed by atoms with E-state index in [0.717, 1.165) is 38.5 Å². The van der Waals surface area contributed by atoms with Gasteiger partial charge in [0.1, 0.15) is 12.2 Å². The lowest BCUT2D eigenvalue weighted by molar-refractivity contribution is -0.186. The van der Waals surface area contributed by atoms with Crippen LogP contribution in [-0.2, 0) is 19.1 Å². The third kappa shape index (κ3) is 3.85. The molecular formula is C25H39IO5. The van der Waals surface area contributed by atoms with Crippen LogP contribution in [0.5, 0.6) is 0 Å². The van der Waals surface area contributed by atoms with E-state index in [1.54, 1.807) is 0 Å². The molecule has 176 valence electrons. The molecule has 0 heterocycles. The molecule has 0 aromatic heterocycles. The maximum Gasteiger partial charge on any atom is 0.302 e. The number of esters is 2. The molecule has 4 aliphatic carbocycles. The fourth-order valence-corrected chi connectivity index (χ4v) is 10.3. The number of alkyl halides is 1. The van der Waals surface area contributed by atoms with Gasteiger partial charge in [-0.1, -0.05) is 36.4 Å². The maximum absolute atomic E-state index is 11.6. The predicted molar refractivity (Wildman–Crippen MR) is 127 cm³/mol. The molecule has 11 atom stereocenters. The summed E-state index contributed by atoms with van der Waals surface area (Å²) < 4.78 is 11.6. The molecule has 0 spiro atoms. The van der Waals surface area contributed by atoms with Gasteiger partial charge in [-0.15, -0.1) is 0 Å². The first-order valence-corrected chi connectivity index (χ1v) is 13.4. The molecule has 1 unspecified atom stereocenters. The molecule has 6 heteroatoms. The molecular weight excluding hydrogens is 507 g/mol. The normalized spacial score (nSPS) is 49.9. The molecule has 0 aliphatic heterocycles. The standard InChI is InChI=1S/C25H39IO5/c1-13(30-14(2)27)19-8-9-20-18-7-6-16-10-17(31-15(3)28)11-22(26)25(16,5)23(18)21(29)12-24(19,20)4/h13,16-23,29H,6-12H2,1-5H3/t13?,16-,17+,18-,19+,20-,21+,22-,23+,24+,25+/m0/s1. The van der Waals surface area contributed by atoms with Gasteiger partial charge in [0.2, 0.25) is 0 Å². The monoisotopic (exact) mass is 546 g/mol. The van der Waals surface area contributed by atoms with Crippen molar-refractivity contribution in [1.82, 2.24) is 0 Å². The third-order valence-corrected chi connectivity index (χ3v) is 11.8. The van der Waals surface area contributed by atoms with Gasteiger partial charge in [0.15, 0.2) is 0 Å². The molecule has 0 amide bonds. The quantitative estimate of drug-likeness (QED) is 0.310. The van der Waals surface area contributed by atoms with Gasteiger partial charge < -0.3 is 14.6 Å². The number of aliphatic hydroxyl groups excluding tert-OH is 1. The molecule has 0 aromatic carbocycles. The van der Waals surface area contributed by atoms with Crippen LogP contribution in [0.1, 0.15) is 79.6 Å². The van der Waals surface area contributed by atoms with Gasteiger partial charge in [-0.3, -0.25) is 9.59 Å². The summed E-state index contributed by atoms with van der Waals surface area (Å²) in [5, 5.41) is 11.6. The van der Waals surface area contributed by atoms with Crippen molar-refractivity contribution >= 4 is 34.5 Å². The smallest absolute Gasteiger partial charge is 0.302 e. The average molecular weight is 546 g/mol. The van der Waals surface area contributed by atoms with Crippen molar-refractivity contribution in [2.24, 2.45) is 40.4 Å². The van der Waals surface area contributed by atoms with E-state index in [-0.39, 0.29) is 41.1 Å². The van der Waals surface area contributed by atoms with Crippen LogP contribution in [0.3, 0.4) is 0 Å². The number of hydrogen-bond donors (Lipinski definition) is 1. The number of aliphatic hydroxyl groups is 1. The Hall–Kier alpha value is -0.370. The molecule has 4 rings (SSSR count). The molecule has 1 N–H and O–H groups in total. The van der Waals surface area contributed by atoms with Crippen LogP contribution in [0, 0.1) is 40.4 Å². The number of ether oxygens (including phenoxy) is 2. The Kier molecular flexibility index (Phi) is 6.48. The van der Waals surface area contributed by atoms with Crippen molar-refractivity contribution in [2.75, 3.05) is 0 Å². The van der Waals surface area contributed by atoms with Gasteiger partial charge in [-0.25, -0.2) is 0 Å². The van der Waals surface area contributed by atoms with Crippen LogP contribution in [0.25, 0.3) is 0 Å². The summed E-state index contributed by atoms with van der Waals surface area (Å²) >= 11 is 2.58. The van der Waals surface area contributed by atoms with Crippen LogP contribution < -0.4 is 0 Å². The lowest BCUT2D eigenvalue weighted by Gasteiger charge is -2.64. The Labute approximate surface area is 200 Å². The third-order valence-electron chi connectivity index (χ3n) is 9.91. The maximum atomic E-state index is 11.6. The van der Waals surface area contributed by atoms with Crippen molar-refractivity contribution < 1.29 is 24.2 Å². The highest BCUT2D eigenvalue weighted by atomic mass is 127. The van der Waals surface area contributed by atoms with Crippen LogP contribution >= 0.6 is 22.6 Å². The zero-order valence-electron chi connectivity index (χ0n) is 19.6. The second kappa shape index (κ2) is 8.44. The molecule has 0 saturated heterocycles. The highest BCUT2D eigenvalue weighted by Gasteiger charge is 2.65. The number of fused-ring (bicyclic) bond motifs is 5.